The third kappa shape index (κ3) is 5.47. The highest BCUT2D eigenvalue weighted by molar-refractivity contribution is 9.10. The van der Waals surface area contributed by atoms with E-state index in [1.54, 1.807) is 30.3 Å². The Balaban J connectivity index is 1.43. The van der Waals surface area contributed by atoms with Gasteiger partial charge in [0.2, 0.25) is 5.91 Å². The summed E-state index contributed by atoms with van der Waals surface area (Å²) in [6, 6.07) is 11.3. The smallest absolute Gasteiger partial charge is 0.265 e. The number of phenolic OH excluding ortho intramolecular Hbond substituents is 1. The molecule has 0 aliphatic carbocycles. The summed E-state index contributed by atoms with van der Waals surface area (Å²) in [7, 11) is 0. The van der Waals surface area contributed by atoms with Crippen molar-refractivity contribution < 1.29 is 24.2 Å². The van der Waals surface area contributed by atoms with Crippen molar-refractivity contribution in [2.24, 2.45) is 0 Å². The average Bonchev–Trinajstić information content (AvgIpc) is 2.69. The minimum absolute atomic E-state index is 0.0245. The van der Waals surface area contributed by atoms with Gasteiger partial charge in [0, 0.05) is 23.1 Å². The van der Waals surface area contributed by atoms with E-state index in [0.717, 1.165) is 4.47 Å². The number of hydrogen-bond acceptors (Lipinski definition) is 5. The van der Waals surface area contributed by atoms with E-state index < -0.39 is 0 Å². The Labute approximate surface area is 176 Å². The quantitative estimate of drug-likeness (QED) is 0.545. The molecule has 3 rings (SSSR count). The highest BCUT2D eigenvalue weighted by Crippen LogP contribution is 2.34. The largest absolute Gasteiger partial charge is 0.508 e. The number of nitrogens with zero attached hydrogens (tertiary/aromatic N) is 1. The van der Waals surface area contributed by atoms with Gasteiger partial charge in [-0.15, -0.1) is 0 Å². The third-order valence-electron chi connectivity index (χ3n) is 4.24. The van der Waals surface area contributed by atoms with Gasteiger partial charge in [-0.2, -0.15) is 0 Å². The first-order valence-corrected chi connectivity index (χ1v) is 9.80. The third-order valence-corrected chi connectivity index (χ3v) is 4.73. The van der Waals surface area contributed by atoms with Gasteiger partial charge in [-0.05, 0) is 42.8 Å². The Morgan fingerprint density at radius 3 is 2.72 bits per heavy atom. The first kappa shape index (κ1) is 20.7. The van der Waals surface area contributed by atoms with Gasteiger partial charge in [-0.3, -0.25) is 19.3 Å². The van der Waals surface area contributed by atoms with Crippen LogP contribution in [0.5, 0.6) is 11.5 Å². The second-order valence-electron chi connectivity index (χ2n) is 6.39. The van der Waals surface area contributed by atoms with Crippen molar-refractivity contribution in [2.45, 2.75) is 6.42 Å². The number of halogens is 1. The van der Waals surface area contributed by atoms with Crippen molar-refractivity contribution in [2.75, 3.05) is 31.1 Å². The fourth-order valence-corrected chi connectivity index (χ4v) is 3.16. The maximum atomic E-state index is 12.2. The number of benzene rings is 2. The van der Waals surface area contributed by atoms with Crippen molar-refractivity contribution in [3.63, 3.8) is 0 Å². The zero-order valence-corrected chi connectivity index (χ0v) is 17.1. The summed E-state index contributed by atoms with van der Waals surface area (Å²) in [6.07, 6.45) is 0.525. The summed E-state index contributed by atoms with van der Waals surface area (Å²) < 4.78 is 6.22. The van der Waals surface area contributed by atoms with E-state index in [-0.39, 0.29) is 36.6 Å². The summed E-state index contributed by atoms with van der Waals surface area (Å²) in [5.74, 6) is -0.311. The van der Waals surface area contributed by atoms with Crippen LogP contribution < -0.4 is 20.3 Å². The van der Waals surface area contributed by atoms with Crippen LogP contribution in [0.25, 0.3) is 0 Å². The number of rotatable bonds is 7. The molecular formula is C20H20BrN3O5. The van der Waals surface area contributed by atoms with Gasteiger partial charge in [0.15, 0.2) is 6.61 Å². The van der Waals surface area contributed by atoms with E-state index in [1.165, 1.54) is 17.0 Å². The maximum Gasteiger partial charge on any atom is 0.265 e. The van der Waals surface area contributed by atoms with E-state index in [9.17, 15) is 19.5 Å². The van der Waals surface area contributed by atoms with Crippen LogP contribution >= 0.6 is 15.9 Å². The second kappa shape index (κ2) is 9.42. The number of carbonyl (C=O) groups is 3. The van der Waals surface area contributed by atoms with Crippen LogP contribution in [0.2, 0.25) is 0 Å². The van der Waals surface area contributed by atoms with Crippen LogP contribution in [0.3, 0.4) is 0 Å². The van der Waals surface area contributed by atoms with E-state index in [2.05, 4.69) is 26.6 Å². The number of hydrogen-bond donors (Lipinski definition) is 3. The lowest BCUT2D eigenvalue weighted by atomic mass is 10.2. The number of fused-ring (bicyclic) bond motifs is 1. The van der Waals surface area contributed by atoms with Crippen LogP contribution in [0.4, 0.5) is 5.69 Å². The van der Waals surface area contributed by atoms with Crippen molar-refractivity contribution in [3.8, 4) is 11.5 Å². The molecule has 152 valence electrons. The standard InChI is InChI=1S/C20H20BrN3O5/c21-14-5-6-16-17(10-14)29-12-19(27)24(16)11-18(26)22-7-2-8-23-20(28)13-3-1-4-15(25)9-13/h1,3-6,9-10,25H,2,7-8,11-12H2,(H,22,26)(H,23,28). The van der Waals surface area contributed by atoms with E-state index in [4.69, 9.17) is 4.74 Å². The molecule has 0 aromatic heterocycles. The Hall–Kier alpha value is -3.07. The lowest BCUT2D eigenvalue weighted by Gasteiger charge is -2.29. The molecule has 1 heterocycles. The van der Waals surface area contributed by atoms with Gasteiger partial charge in [0.25, 0.3) is 11.8 Å². The van der Waals surface area contributed by atoms with Crippen molar-refractivity contribution in [1.82, 2.24) is 10.6 Å². The number of anilines is 1. The van der Waals surface area contributed by atoms with Crippen molar-refractivity contribution >= 4 is 39.3 Å². The lowest BCUT2D eigenvalue weighted by Crippen LogP contribution is -2.45. The minimum Gasteiger partial charge on any atom is -0.508 e. The minimum atomic E-state index is -0.298. The molecule has 8 nitrogen and oxygen atoms in total. The summed E-state index contributed by atoms with van der Waals surface area (Å²) in [4.78, 5) is 37.7. The van der Waals surface area contributed by atoms with Crippen LogP contribution in [0.1, 0.15) is 16.8 Å². The highest BCUT2D eigenvalue weighted by Gasteiger charge is 2.27. The summed E-state index contributed by atoms with van der Waals surface area (Å²) in [5, 5.41) is 14.9. The number of aromatic hydroxyl groups is 1. The molecule has 1 aliphatic heterocycles. The number of carbonyl (C=O) groups excluding carboxylic acids is 3. The summed E-state index contributed by atoms with van der Waals surface area (Å²) in [6.45, 7) is 0.497. The van der Waals surface area contributed by atoms with Crippen molar-refractivity contribution in [3.05, 3.63) is 52.5 Å². The summed E-state index contributed by atoms with van der Waals surface area (Å²) >= 11 is 3.35. The molecule has 0 atom stereocenters. The monoisotopic (exact) mass is 461 g/mol. The van der Waals surface area contributed by atoms with Gasteiger partial charge in [-0.25, -0.2) is 0 Å². The average molecular weight is 462 g/mol. The number of nitrogens with one attached hydrogen (secondary N) is 2. The van der Waals surface area contributed by atoms with Crippen LogP contribution in [0.15, 0.2) is 46.9 Å². The predicted molar refractivity (Wildman–Crippen MR) is 110 cm³/mol. The maximum absolute atomic E-state index is 12.2. The predicted octanol–water partition coefficient (Wildman–Crippen LogP) is 1.82. The second-order valence-corrected chi connectivity index (χ2v) is 7.31. The van der Waals surface area contributed by atoms with Crippen LogP contribution in [0, 0.1) is 0 Å². The Morgan fingerprint density at radius 2 is 1.93 bits per heavy atom. The molecule has 0 saturated heterocycles. The Kier molecular flexibility index (Phi) is 6.71. The molecule has 29 heavy (non-hydrogen) atoms. The van der Waals surface area contributed by atoms with Crippen LogP contribution in [-0.2, 0) is 9.59 Å². The zero-order chi connectivity index (χ0) is 20.8. The first-order chi connectivity index (χ1) is 13.9. The molecule has 0 unspecified atom stereocenters. The molecule has 0 spiro atoms. The van der Waals surface area contributed by atoms with Crippen molar-refractivity contribution in [1.29, 1.82) is 0 Å². The highest BCUT2D eigenvalue weighted by atomic mass is 79.9. The number of amides is 3. The molecule has 3 N–H and O–H groups in total. The molecule has 0 radical (unpaired) electrons. The van der Waals surface area contributed by atoms with Gasteiger partial charge in [0.05, 0.1) is 5.69 Å². The van der Waals surface area contributed by atoms with E-state index in [0.29, 0.717) is 36.5 Å². The Bertz CT molecular complexity index is 934. The SMILES string of the molecule is O=C(CN1C(=O)COc2cc(Br)ccc21)NCCCNC(=O)c1cccc(O)c1. The molecule has 9 heteroatoms. The van der Waals surface area contributed by atoms with Gasteiger partial charge >= 0.3 is 0 Å². The summed E-state index contributed by atoms with van der Waals surface area (Å²) in [5.41, 5.74) is 0.920. The van der Waals surface area contributed by atoms with Gasteiger partial charge in [-0.1, -0.05) is 22.0 Å². The lowest BCUT2D eigenvalue weighted by molar-refractivity contribution is -0.125. The van der Waals surface area contributed by atoms with Gasteiger partial charge in [0.1, 0.15) is 18.0 Å². The number of phenols is 1. The molecular weight excluding hydrogens is 442 g/mol. The fourth-order valence-electron chi connectivity index (χ4n) is 2.82. The molecule has 0 bridgehead atoms. The van der Waals surface area contributed by atoms with Gasteiger partial charge < -0.3 is 20.5 Å². The van der Waals surface area contributed by atoms with E-state index in [1.807, 2.05) is 0 Å². The molecule has 3 amide bonds. The fraction of sp³-hybridized carbons (Fsp3) is 0.250. The Morgan fingerprint density at radius 1 is 1.14 bits per heavy atom. The topological polar surface area (TPSA) is 108 Å². The molecule has 2 aromatic rings. The number of ether oxygens (including phenoxy) is 1. The normalized spacial score (nSPS) is 12.7. The molecule has 1 aliphatic rings. The first-order valence-electron chi connectivity index (χ1n) is 9.00. The molecule has 0 fully saturated rings. The molecule has 2 aromatic carbocycles. The zero-order valence-electron chi connectivity index (χ0n) is 15.5. The van der Waals surface area contributed by atoms with Crippen LogP contribution in [-0.4, -0.2) is 49.1 Å². The van der Waals surface area contributed by atoms with E-state index >= 15 is 0 Å². The molecule has 0 saturated carbocycles.